The monoisotopic (exact) mass is 389 g/mol. The number of aromatic nitrogens is 1. The summed E-state index contributed by atoms with van der Waals surface area (Å²) < 4.78 is 8.60. The molecule has 1 saturated carbocycles. The van der Waals surface area contributed by atoms with Gasteiger partial charge in [-0.15, -0.1) is 0 Å². The summed E-state index contributed by atoms with van der Waals surface area (Å²) in [5.41, 5.74) is 3.46. The zero-order chi connectivity index (χ0) is 16.8. The van der Waals surface area contributed by atoms with Gasteiger partial charge in [0.1, 0.15) is 5.75 Å². The molecule has 0 saturated heterocycles. The molecule has 1 fully saturated rings. The van der Waals surface area contributed by atoms with Crippen molar-refractivity contribution in [3.63, 3.8) is 0 Å². The summed E-state index contributed by atoms with van der Waals surface area (Å²) in [5, 5.41) is 3.98. The first-order chi connectivity index (χ1) is 11.7. The number of rotatable bonds is 6. The molecule has 1 aliphatic carbocycles. The summed E-state index contributed by atoms with van der Waals surface area (Å²) in [6.45, 7) is -0.0674. The number of hydrogen-bond donors (Lipinski definition) is 1. The van der Waals surface area contributed by atoms with Crippen LogP contribution in [0.15, 0.2) is 52.3 Å². The van der Waals surface area contributed by atoms with Gasteiger partial charge in [-0.05, 0) is 43.2 Å². The van der Waals surface area contributed by atoms with E-state index in [-0.39, 0.29) is 12.5 Å². The topological polar surface area (TPSA) is 55.6 Å². The summed E-state index contributed by atoms with van der Waals surface area (Å²) in [7, 11) is 0. The predicted molar refractivity (Wildman–Crippen MR) is 97.3 cm³/mol. The second-order valence-electron chi connectivity index (χ2n) is 5.87. The van der Waals surface area contributed by atoms with Gasteiger partial charge in [-0.1, -0.05) is 28.8 Å². The number of carbonyl (C=O) groups excluding carboxylic acids is 1. The number of hydrazone groups is 1. The normalized spacial score (nSPS) is 15.0. The van der Waals surface area contributed by atoms with Crippen LogP contribution in [0.4, 0.5) is 0 Å². The van der Waals surface area contributed by atoms with Gasteiger partial charge in [0, 0.05) is 28.5 Å². The lowest BCUT2D eigenvalue weighted by Gasteiger charge is -2.10. The van der Waals surface area contributed by atoms with Crippen molar-refractivity contribution in [2.24, 2.45) is 5.10 Å². The molecule has 0 unspecified atom stereocenters. The smallest absolute Gasteiger partial charge is 0.277 e. The molecule has 1 aromatic heterocycles. The van der Waals surface area contributed by atoms with Gasteiger partial charge in [0.05, 0.1) is 6.21 Å². The third-order valence-electron chi connectivity index (χ3n) is 4.07. The van der Waals surface area contributed by atoms with E-state index in [2.05, 4.69) is 43.4 Å². The number of carbonyl (C=O) groups is 1. The van der Waals surface area contributed by atoms with E-state index in [0.29, 0.717) is 11.8 Å². The highest BCUT2D eigenvalue weighted by molar-refractivity contribution is 9.10. The Morgan fingerprint density at radius 2 is 2.04 bits per heavy atom. The highest BCUT2D eigenvalue weighted by Crippen LogP contribution is 2.29. The van der Waals surface area contributed by atoms with Crippen molar-refractivity contribution in [1.82, 2.24) is 9.99 Å². The van der Waals surface area contributed by atoms with Crippen LogP contribution in [-0.2, 0) is 4.79 Å². The van der Waals surface area contributed by atoms with Gasteiger partial charge in [0.2, 0.25) is 0 Å². The highest BCUT2D eigenvalue weighted by atomic mass is 79.9. The van der Waals surface area contributed by atoms with E-state index < -0.39 is 0 Å². The van der Waals surface area contributed by atoms with Gasteiger partial charge in [-0.25, -0.2) is 5.43 Å². The van der Waals surface area contributed by atoms with E-state index >= 15 is 0 Å². The summed E-state index contributed by atoms with van der Waals surface area (Å²) in [4.78, 5) is 11.7. The lowest BCUT2D eigenvalue weighted by Crippen LogP contribution is -2.24. The van der Waals surface area contributed by atoms with E-state index in [0.717, 1.165) is 10.0 Å². The Morgan fingerprint density at radius 1 is 1.29 bits per heavy atom. The quantitative estimate of drug-likeness (QED) is 0.601. The van der Waals surface area contributed by atoms with E-state index in [1.54, 1.807) is 18.3 Å². The Hall–Kier alpha value is -2.08. The first-order valence-electron chi connectivity index (χ1n) is 8.08. The number of nitrogens with one attached hydrogen (secondary N) is 1. The molecule has 24 heavy (non-hydrogen) atoms. The molecular formula is C18H20BrN3O2. The second kappa shape index (κ2) is 8.15. The maximum atomic E-state index is 11.7. The van der Waals surface area contributed by atoms with Crippen molar-refractivity contribution in [3.05, 3.63) is 52.8 Å². The van der Waals surface area contributed by atoms with Crippen LogP contribution in [0.25, 0.3) is 0 Å². The van der Waals surface area contributed by atoms with Crippen LogP contribution < -0.4 is 10.2 Å². The molecule has 126 valence electrons. The Morgan fingerprint density at radius 3 is 2.79 bits per heavy atom. The standard InChI is InChI=1S/C18H20BrN3O2/c19-15-5-7-17(8-6-15)24-13-18(23)21-20-11-14-9-10-22(12-14)16-3-1-2-4-16/h5-12,16H,1-4,13H2,(H,21,23)/b20-11-. The fourth-order valence-electron chi connectivity index (χ4n) is 2.83. The lowest BCUT2D eigenvalue weighted by molar-refractivity contribution is -0.123. The van der Waals surface area contributed by atoms with Crippen molar-refractivity contribution in [1.29, 1.82) is 0 Å². The Bertz CT molecular complexity index is 703. The zero-order valence-corrected chi connectivity index (χ0v) is 14.9. The molecule has 1 N–H and O–H groups in total. The fourth-order valence-corrected chi connectivity index (χ4v) is 3.09. The summed E-state index contributed by atoms with van der Waals surface area (Å²) in [6, 6.07) is 9.94. The average Bonchev–Trinajstić information content (AvgIpc) is 3.25. The van der Waals surface area contributed by atoms with E-state index in [1.165, 1.54) is 25.7 Å². The van der Waals surface area contributed by atoms with Gasteiger partial charge >= 0.3 is 0 Å². The molecule has 6 heteroatoms. The number of nitrogens with zero attached hydrogens (tertiary/aromatic N) is 2. The van der Waals surface area contributed by atoms with Crippen LogP contribution in [0.2, 0.25) is 0 Å². The minimum atomic E-state index is -0.288. The van der Waals surface area contributed by atoms with Gasteiger partial charge in [-0.3, -0.25) is 4.79 Å². The molecule has 3 rings (SSSR count). The van der Waals surface area contributed by atoms with Crippen LogP contribution in [0.1, 0.15) is 37.3 Å². The third-order valence-corrected chi connectivity index (χ3v) is 4.60. The molecule has 1 amide bonds. The predicted octanol–water partition coefficient (Wildman–Crippen LogP) is 3.89. The first kappa shape index (κ1) is 16.8. The zero-order valence-electron chi connectivity index (χ0n) is 13.3. The van der Waals surface area contributed by atoms with Gasteiger partial charge in [0.15, 0.2) is 6.61 Å². The summed E-state index contributed by atoms with van der Waals surface area (Å²) in [5.74, 6) is 0.357. The van der Waals surface area contributed by atoms with Gasteiger partial charge in [-0.2, -0.15) is 5.10 Å². The molecule has 5 nitrogen and oxygen atoms in total. The van der Waals surface area contributed by atoms with Crippen molar-refractivity contribution < 1.29 is 9.53 Å². The van der Waals surface area contributed by atoms with Crippen molar-refractivity contribution in [2.45, 2.75) is 31.7 Å². The molecule has 2 aromatic rings. The maximum Gasteiger partial charge on any atom is 0.277 e. The van der Waals surface area contributed by atoms with Crippen LogP contribution in [-0.4, -0.2) is 23.3 Å². The van der Waals surface area contributed by atoms with Gasteiger partial charge in [0.25, 0.3) is 5.91 Å². The number of benzene rings is 1. The van der Waals surface area contributed by atoms with Gasteiger partial charge < -0.3 is 9.30 Å². The molecule has 1 heterocycles. The van der Waals surface area contributed by atoms with E-state index in [9.17, 15) is 4.79 Å². The van der Waals surface area contributed by atoms with Crippen molar-refractivity contribution in [3.8, 4) is 5.75 Å². The molecule has 1 aromatic carbocycles. The van der Waals surface area contributed by atoms with E-state index in [1.807, 2.05) is 18.2 Å². The third kappa shape index (κ3) is 4.71. The molecule has 1 aliphatic rings. The molecule has 0 atom stereocenters. The number of hydrogen-bond acceptors (Lipinski definition) is 3. The second-order valence-corrected chi connectivity index (χ2v) is 6.78. The van der Waals surface area contributed by atoms with Crippen LogP contribution in [0.3, 0.4) is 0 Å². The molecule has 0 spiro atoms. The SMILES string of the molecule is O=C(COc1ccc(Br)cc1)N/N=C\c1ccn(C2CCCC2)c1. The van der Waals surface area contributed by atoms with Crippen LogP contribution in [0, 0.1) is 0 Å². The molecule has 0 aliphatic heterocycles. The first-order valence-corrected chi connectivity index (χ1v) is 8.88. The minimum absolute atomic E-state index is 0.0674. The number of amides is 1. The number of ether oxygens (including phenoxy) is 1. The largest absolute Gasteiger partial charge is 0.484 e. The maximum absolute atomic E-state index is 11.7. The minimum Gasteiger partial charge on any atom is -0.484 e. The van der Waals surface area contributed by atoms with Crippen LogP contribution >= 0.6 is 15.9 Å². The number of halogens is 1. The summed E-state index contributed by atoms with van der Waals surface area (Å²) in [6.07, 6.45) is 10.9. The van der Waals surface area contributed by atoms with Crippen molar-refractivity contribution in [2.75, 3.05) is 6.61 Å². The fraction of sp³-hybridized carbons (Fsp3) is 0.333. The average molecular weight is 390 g/mol. The summed E-state index contributed by atoms with van der Waals surface area (Å²) >= 11 is 3.35. The van der Waals surface area contributed by atoms with Crippen molar-refractivity contribution >= 4 is 28.1 Å². The van der Waals surface area contributed by atoms with Crippen LogP contribution in [0.5, 0.6) is 5.75 Å². The molecule has 0 bridgehead atoms. The lowest BCUT2D eigenvalue weighted by atomic mass is 10.2. The Kier molecular flexibility index (Phi) is 5.69. The molecular weight excluding hydrogens is 370 g/mol. The Labute approximate surface area is 149 Å². The van der Waals surface area contributed by atoms with E-state index in [4.69, 9.17) is 4.74 Å². The Balaban J connectivity index is 1.43. The highest BCUT2D eigenvalue weighted by Gasteiger charge is 2.15. The molecule has 0 radical (unpaired) electrons.